The lowest BCUT2D eigenvalue weighted by atomic mass is 10.0. The third kappa shape index (κ3) is 5.12. The number of benzene rings is 2. The number of rotatable bonds is 8. The van der Waals surface area contributed by atoms with Crippen molar-refractivity contribution in [2.24, 2.45) is 0 Å². The van der Waals surface area contributed by atoms with Gasteiger partial charge in [-0.2, -0.15) is 4.72 Å². The molecule has 0 heterocycles. The van der Waals surface area contributed by atoms with Crippen LogP contribution in [0.1, 0.15) is 24.2 Å². The molecule has 0 radical (unpaired) electrons. The van der Waals surface area contributed by atoms with Gasteiger partial charge in [-0.25, -0.2) is 8.42 Å². The van der Waals surface area contributed by atoms with Crippen LogP contribution in [0, 0.1) is 17.0 Å². The number of nitro benzene ring substituents is 1. The second-order valence-electron chi connectivity index (χ2n) is 5.96. The first-order valence-electron chi connectivity index (χ1n) is 8.33. The molecule has 2 rings (SSSR count). The molecule has 10 heteroatoms. The number of non-ortho nitro benzene ring substituents is 1. The van der Waals surface area contributed by atoms with E-state index in [1.54, 1.807) is 26.0 Å². The maximum absolute atomic E-state index is 12.6. The van der Waals surface area contributed by atoms with Gasteiger partial charge in [-0.1, -0.05) is 17.7 Å². The highest BCUT2D eigenvalue weighted by Gasteiger charge is 2.34. The molecule has 2 aromatic rings. The number of hydrogen-bond acceptors (Lipinski definition) is 7. The van der Waals surface area contributed by atoms with Crippen LogP contribution >= 0.6 is 0 Å². The molecule has 150 valence electrons. The minimum absolute atomic E-state index is 0.0193. The van der Waals surface area contributed by atoms with Crippen LogP contribution in [0.5, 0.6) is 0 Å². The van der Waals surface area contributed by atoms with Crippen molar-refractivity contribution < 1.29 is 28.0 Å². The van der Waals surface area contributed by atoms with Crippen molar-refractivity contribution in [1.29, 1.82) is 0 Å². The van der Waals surface area contributed by atoms with E-state index in [2.05, 4.69) is 4.72 Å². The summed E-state index contributed by atoms with van der Waals surface area (Å²) >= 11 is 0. The average molecular weight is 408 g/mol. The molecular formula is C18H20N2O7S. The second kappa shape index (κ2) is 8.91. The van der Waals surface area contributed by atoms with Crippen LogP contribution in [0.4, 0.5) is 5.69 Å². The minimum atomic E-state index is -4.13. The minimum Gasteiger partial charge on any atom is -0.465 e. The van der Waals surface area contributed by atoms with Gasteiger partial charge in [-0.05, 0) is 43.7 Å². The third-order valence-electron chi connectivity index (χ3n) is 3.92. The molecule has 2 N–H and O–H groups in total. The number of carbonyl (C=O) groups excluding carboxylic acids is 1. The van der Waals surface area contributed by atoms with Crippen molar-refractivity contribution in [3.05, 3.63) is 69.8 Å². The molecule has 9 nitrogen and oxygen atoms in total. The van der Waals surface area contributed by atoms with E-state index in [-0.39, 0.29) is 22.8 Å². The molecule has 0 saturated carbocycles. The Balaban J connectivity index is 2.34. The van der Waals surface area contributed by atoms with Crippen molar-refractivity contribution in [1.82, 2.24) is 4.72 Å². The van der Waals surface area contributed by atoms with E-state index in [0.717, 1.165) is 17.7 Å². The summed E-state index contributed by atoms with van der Waals surface area (Å²) in [5, 5.41) is 21.3. The Morgan fingerprint density at radius 2 is 1.75 bits per heavy atom. The fourth-order valence-corrected chi connectivity index (χ4v) is 3.60. The maximum Gasteiger partial charge on any atom is 0.327 e. The normalized spacial score (nSPS) is 13.5. The Morgan fingerprint density at radius 1 is 1.18 bits per heavy atom. The van der Waals surface area contributed by atoms with Crippen LogP contribution in [0.15, 0.2) is 53.4 Å². The highest BCUT2D eigenvalue weighted by Crippen LogP contribution is 2.23. The number of carbonyl (C=O) groups is 1. The molecule has 28 heavy (non-hydrogen) atoms. The molecule has 0 fully saturated rings. The number of sulfonamides is 1. The van der Waals surface area contributed by atoms with Crippen LogP contribution in [-0.2, 0) is 19.6 Å². The molecule has 0 aliphatic rings. The zero-order valence-electron chi connectivity index (χ0n) is 15.2. The van der Waals surface area contributed by atoms with E-state index in [9.17, 15) is 28.4 Å². The Kier molecular flexibility index (Phi) is 6.84. The largest absolute Gasteiger partial charge is 0.465 e. The topological polar surface area (TPSA) is 136 Å². The van der Waals surface area contributed by atoms with E-state index in [4.69, 9.17) is 4.74 Å². The summed E-state index contributed by atoms with van der Waals surface area (Å²) in [5.41, 5.74) is 0.769. The Labute approximate surface area is 162 Å². The standard InChI is InChI=1S/C18H20N2O7S/c1-3-27-18(22)16(17(21)13-6-8-14(9-7-13)20(23)24)19-28(25,26)15-10-4-12(2)5-11-15/h4-11,16-17,19,21H,3H2,1-2H3/t16-,17+/m0/s1. The van der Waals surface area contributed by atoms with Gasteiger partial charge in [0.15, 0.2) is 0 Å². The highest BCUT2D eigenvalue weighted by molar-refractivity contribution is 7.89. The molecule has 0 aromatic heterocycles. The van der Waals surface area contributed by atoms with E-state index >= 15 is 0 Å². The first kappa shape index (κ1) is 21.5. The van der Waals surface area contributed by atoms with Crippen LogP contribution < -0.4 is 4.72 Å². The number of nitro groups is 1. The average Bonchev–Trinajstić information content (AvgIpc) is 2.66. The fraction of sp³-hybridized carbons (Fsp3) is 0.278. The number of hydrogen-bond donors (Lipinski definition) is 2. The molecule has 0 aliphatic carbocycles. The van der Waals surface area contributed by atoms with Crippen LogP contribution in [0.3, 0.4) is 0 Å². The number of aliphatic hydroxyl groups is 1. The van der Waals surface area contributed by atoms with E-state index in [1.807, 2.05) is 0 Å². The number of esters is 1. The quantitative estimate of drug-likeness (QED) is 0.386. The summed E-state index contributed by atoms with van der Waals surface area (Å²) in [7, 11) is -4.13. The predicted molar refractivity (Wildman–Crippen MR) is 100.0 cm³/mol. The second-order valence-corrected chi connectivity index (χ2v) is 7.67. The molecule has 2 atom stereocenters. The van der Waals surface area contributed by atoms with Gasteiger partial charge in [-0.15, -0.1) is 0 Å². The highest BCUT2D eigenvalue weighted by atomic mass is 32.2. The molecule has 0 saturated heterocycles. The Hall–Kier alpha value is -2.82. The number of nitrogens with one attached hydrogen (secondary N) is 1. The summed E-state index contributed by atoms with van der Waals surface area (Å²) in [5.74, 6) is -0.968. The fourth-order valence-electron chi connectivity index (χ4n) is 2.41. The molecule has 0 bridgehead atoms. The van der Waals surface area contributed by atoms with Gasteiger partial charge in [0.05, 0.1) is 16.4 Å². The summed E-state index contributed by atoms with van der Waals surface area (Å²) in [6.45, 7) is 3.32. The van der Waals surface area contributed by atoms with E-state index < -0.39 is 33.1 Å². The number of aryl methyl sites for hydroxylation is 1. The summed E-state index contributed by atoms with van der Waals surface area (Å²) in [4.78, 5) is 22.3. The van der Waals surface area contributed by atoms with Gasteiger partial charge >= 0.3 is 5.97 Å². The number of ether oxygens (including phenoxy) is 1. The van der Waals surface area contributed by atoms with Gasteiger partial charge in [-0.3, -0.25) is 14.9 Å². The van der Waals surface area contributed by atoms with Crippen molar-refractivity contribution in [3.63, 3.8) is 0 Å². The Bertz CT molecular complexity index is 941. The first-order chi connectivity index (χ1) is 13.2. The molecular weight excluding hydrogens is 388 g/mol. The summed E-state index contributed by atoms with van der Waals surface area (Å²) in [6, 6.07) is 9.10. The van der Waals surface area contributed by atoms with Gasteiger partial charge in [0, 0.05) is 12.1 Å². The van der Waals surface area contributed by atoms with Gasteiger partial charge in [0.2, 0.25) is 10.0 Å². The zero-order valence-corrected chi connectivity index (χ0v) is 16.0. The molecule has 0 amide bonds. The van der Waals surface area contributed by atoms with Crippen LogP contribution in [-0.4, -0.2) is 37.1 Å². The monoisotopic (exact) mass is 408 g/mol. The Morgan fingerprint density at radius 3 is 2.25 bits per heavy atom. The molecule has 2 aromatic carbocycles. The number of aliphatic hydroxyl groups excluding tert-OH is 1. The third-order valence-corrected chi connectivity index (χ3v) is 5.37. The van der Waals surface area contributed by atoms with E-state index in [1.165, 1.54) is 24.3 Å². The lowest BCUT2D eigenvalue weighted by molar-refractivity contribution is -0.384. The lowest BCUT2D eigenvalue weighted by Crippen LogP contribution is -2.45. The van der Waals surface area contributed by atoms with Crippen molar-refractivity contribution in [2.75, 3.05) is 6.61 Å². The first-order valence-corrected chi connectivity index (χ1v) is 9.82. The number of nitrogens with zero attached hydrogens (tertiary/aromatic N) is 1. The SMILES string of the molecule is CCOC(=O)[C@@H](NS(=O)(=O)c1ccc(C)cc1)[C@H](O)c1ccc([N+](=O)[O-])cc1. The van der Waals surface area contributed by atoms with Gasteiger partial charge in [0.1, 0.15) is 12.1 Å². The van der Waals surface area contributed by atoms with E-state index in [0.29, 0.717) is 0 Å². The summed E-state index contributed by atoms with van der Waals surface area (Å²) in [6.07, 6.45) is -1.61. The van der Waals surface area contributed by atoms with Crippen LogP contribution in [0.2, 0.25) is 0 Å². The van der Waals surface area contributed by atoms with Crippen molar-refractivity contribution in [3.8, 4) is 0 Å². The van der Waals surface area contributed by atoms with Crippen LogP contribution in [0.25, 0.3) is 0 Å². The summed E-state index contributed by atoms with van der Waals surface area (Å²) < 4.78 is 32.3. The molecule has 0 unspecified atom stereocenters. The molecule has 0 spiro atoms. The molecule has 0 aliphatic heterocycles. The zero-order chi connectivity index (χ0) is 20.9. The van der Waals surface area contributed by atoms with Gasteiger partial charge < -0.3 is 9.84 Å². The lowest BCUT2D eigenvalue weighted by Gasteiger charge is -2.22. The smallest absolute Gasteiger partial charge is 0.327 e. The van der Waals surface area contributed by atoms with Crippen molar-refractivity contribution in [2.45, 2.75) is 30.9 Å². The van der Waals surface area contributed by atoms with Gasteiger partial charge in [0.25, 0.3) is 5.69 Å². The maximum atomic E-state index is 12.6. The predicted octanol–water partition coefficient (Wildman–Crippen LogP) is 1.85. The van der Waals surface area contributed by atoms with Crippen molar-refractivity contribution >= 4 is 21.7 Å².